The number of hydrogen-bond donors (Lipinski definition) is 4. The number of phenols is 4. The molecule has 0 fully saturated rings. The van der Waals surface area contributed by atoms with Gasteiger partial charge in [0, 0.05) is 48.9 Å². The van der Waals surface area contributed by atoms with Crippen LogP contribution in [0.2, 0.25) is 0 Å². The summed E-state index contributed by atoms with van der Waals surface area (Å²) in [7, 11) is 0. The van der Waals surface area contributed by atoms with Gasteiger partial charge >= 0.3 is 0 Å². The van der Waals surface area contributed by atoms with Gasteiger partial charge in [0.05, 0.1) is 25.4 Å². The van der Waals surface area contributed by atoms with Crippen LogP contribution in [0.4, 0.5) is 0 Å². The monoisotopic (exact) mass is 899 g/mol. The summed E-state index contributed by atoms with van der Waals surface area (Å²) in [5, 5.41) is 47.1. The molecule has 1 aliphatic rings. The number of ether oxygens (including phenoxy) is 3. The topological polar surface area (TPSA) is 109 Å². The highest BCUT2D eigenvalue weighted by Crippen LogP contribution is 2.51. The summed E-state index contributed by atoms with van der Waals surface area (Å²) in [6, 6.07) is 18.3. The molecule has 4 N–H and O–H groups in total. The largest absolute Gasteiger partial charge is 0.508 e. The molecule has 0 saturated carbocycles. The summed E-state index contributed by atoms with van der Waals surface area (Å²) in [6.07, 6.45) is 4.14. The molecule has 7 heteroatoms. The molecule has 0 amide bonds. The lowest BCUT2D eigenvalue weighted by atomic mass is 9.75. The van der Waals surface area contributed by atoms with Crippen LogP contribution < -0.4 is 14.2 Å². The molecule has 5 aromatic carbocycles. The molecular formula is C59H78O7. The van der Waals surface area contributed by atoms with Crippen LogP contribution in [0.1, 0.15) is 190 Å². The molecule has 0 heterocycles. The van der Waals surface area contributed by atoms with Crippen molar-refractivity contribution >= 4 is 0 Å². The maximum Gasteiger partial charge on any atom is 0.130 e. The molecule has 0 saturated heterocycles. The van der Waals surface area contributed by atoms with Crippen molar-refractivity contribution in [3.05, 3.63) is 121 Å². The van der Waals surface area contributed by atoms with Gasteiger partial charge in [0.2, 0.25) is 0 Å². The van der Waals surface area contributed by atoms with Crippen LogP contribution in [0, 0.1) is 0 Å². The zero-order valence-electron chi connectivity index (χ0n) is 42.8. The molecule has 0 spiro atoms. The first-order valence-electron chi connectivity index (χ1n) is 24.3. The number of fused-ring (bicyclic) bond motifs is 8. The molecule has 66 heavy (non-hydrogen) atoms. The fraction of sp³-hybridized carbons (Fsp3) is 0.492. The number of hydrogen-bond acceptors (Lipinski definition) is 7. The van der Waals surface area contributed by atoms with Crippen molar-refractivity contribution in [1.29, 1.82) is 0 Å². The van der Waals surface area contributed by atoms with E-state index in [1.165, 1.54) is 17.7 Å². The Hall–Kier alpha value is -5.30. The van der Waals surface area contributed by atoms with Crippen LogP contribution in [-0.2, 0) is 47.3 Å². The van der Waals surface area contributed by atoms with Gasteiger partial charge in [0.25, 0.3) is 0 Å². The first kappa shape index (κ1) is 50.1. The normalized spacial score (nSPS) is 13.4. The average molecular weight is 899 g/mol. The fourth-order valence-corrected chi connectivity index (χ4v) is 9.15. The van der Waals surface area contributed by atoms with Crippen molar-refractivity contribution in [2.45, 2.75) is 170 Å². The summed E-state index contributed by atoms with van der Waals surface area (Å²) >= 11 is 0. The Morgan fingerprint density at radius 2 is 0.712 bits per heavy atom. The molecule has 0 atom stereocenters. The highest BCUT2D eigenvalue weighted by atomic mass is 16.5. The lowest BCUT2D eigenvalue weighted by molar-refractivity contribution is 0.306. The van der Waals surface area contributed by atoms with E-state index in [-0.39, 0.29) is 51.2 Å². The number of benzene rings is 5. The highest BCUT2D eigenvalue weighted by molar-refractivity contribution is 5.85. The maximum atomic E-state index is 13.1. The predicted octanol–water partition coefficient (Wildman–Crippen LogP) is 14.4. The molecule has 8 bridgehead atoms. The molecule has 0 aromatic heterocycles. The minimum absolute atomic E-state index is 0.0700. The predicted molar refractivity (Wildman–Crippen MR) is 271 cm³/mol. The van der Waals surface area contributed by atoms with E-state index in [4.69, 9.17) is 14.2 Å². The molecule has 1 aliphatic carbocycles. The van der Waals surface area contributed by atoms with E-state index < -0.39 is 5.41 Å². The first-order valence-corrected chi connectivity index (χ1v) is 24.3. The van der Waals surface area contributed by atoms with E-state index in [1.54, 1.807) is 0 Å². The van der Waals surface area contributed by atoms with E-state index in [9.17, 15) is 20.4 Å². The van der Waals surface area contributed by atoms with Crippen LogP contribution in [0.5, 0.6) is 40.2 Å². The van der Waals surface area contributed by atoms with Crippen LogP contribution in [0.3, 0.4) is 0 Å². The molecule has 0 aliphatic heterocycles. The van der Waals surface area contributed by atoms with Crippen molar-refractivity contribution in [1.82, 2.24) is 0 Å². The average Bonchev–Trinajstić information content (AvgIpc) is 3.19. The van der Waals surface area contributed by atoms with E-state index >= 15 is 0 Å². The number of rotatable bonds is 10. The third-order valence-electron chi connectivity index (χ3n) is 12.8. The molecular weight excluding hydrogens is 821 g/mol. The van der Waals surface area contributed by atoms with Crippen LogP contribution in [0.15, 0.2) is 54.6 Å². The van der Waals surface area contributed by atoms with Gasteiger partial charge in [-0.15, -0.1) is 0 Å². The molecule has 7 nitrogen and oxygen atoms in total. The second kappa shape index (κ2) is 19.1. The van der Waals surface area contributed by atoms with Crippen molar-refractivity contribution in [2.24, 2.45) is 0 Å². The van der Waals surface area contributed by atoms with E-state index in [2.05, 4.69) is 140 Å². The molecule has 0 unspecified atom stereocenters. The SMILES string of the molecule is CCCOc1c2cc(C(C)(C)C)cc1Cc1cc(C(C)(C)C)cc(c1OCCC)Cc1cc(C(C)(C)C)cc(c1OCCC)Cc1c(O)c(cc(C(C)(C)C)c1-c1c(O)cc(O)cc1O)C2. The van der Waals surface area contributed by atoms with Gasteiger partial charge in [-0.3, -0.25) is 0 Å². The van der Waals surface area contributed by atoms with Crippen molar-refractivity contribution in [3.8, 4) is 51.4 Å². The van der Waals surface area contributed by atoms with Crippen LogP contribution in [0.25, 0.3) is 11.1 Å². The van der Waals surface area contributed by atoms with Crippen molar-refractivity contribution < 1.29 is 34.6 Å². The Balaban J connectivity index is 1.88. The summed E-state index contributed by atoms with van der Waals surface area (Å²) < 4.78 is 20.7. The standard InChI is InChI=1S/C59H78O7/c1-16-19-64-53-36-22-35-32-47(59(13,14)15)50(51-48(61)33-45(60)34-49(51)62)46(52(35)63)31-41-30-44(58(10,11)12)29-40(55(41)66-21-18-3)24-39-28-43(57(7,8)9)27-38(54(39)65-20-17-2)23-37(53)26-42(25-36)56(4,5)6/h25-30,32-34,60-63H,16-24,31H2,1-15H3. The van der Waals surface area contributed by atoms with Crippen molar-refractivity contribution in [3.63, 3.8) is 0 Å². The Morgan fingerprint density at radius 3 is 1.02 bits per heavy atom. The van der Waals surface area contributed by atoms with Gasteiger partial charge in [-0.2, -0.15) is 0 Å². The number of aromatic hydroxyl groups is 4. The van der Waals surface area contributed by atoms with Gasteiger partial charge in [0.1, 0.15) is 40.2 Å². The first-order chi connectivity index (χ1) is 30.8. The Morgan fingerprint density at radius 1 is 0.394 bits per heavy atom. The van der Waals surface area contributed by atoms with Crippen LogP contribution >= 0.6 is 0 Å². The Bertz CT molecular complexity index is 2550. The van der Waals surface area contributed by atoms with Crippen molar-refractivity contribution in [2.75, 3.05) is 19.8 Å². The lowest BCUT2D eigenvalue weighted by Gasteiger charge is -2.30. The summed E-state index contributed by atoms with van der Waals surface area (Å²) in [4.78, 5) is 0. The fourth-order valence-electron chi connectivity index (χ4n) is 9.15. The highest BCUT2D eigenvalue weighted by Gasteiger charge is 2.33. The maximum absolute atomic E-state index is 13.1. The molecule has 356 valence electrons. The van der Waals surface area contributed by atoms with Crippen LogP contribution in [-0.4, -0.2) is 40.2 Å². The van der Waals surface area contributed by atoms with Gasteiger partial charge in [0.15, 0.2) is 0 Å². The third-order valence-corrected chi connectivity index (χ3v) is 12.8. The third kappa shape index (κ3) is 10.8. The zero-order chi connectivity index (χ0) is 48.7. The smallest absolute Gasteiger partial charge is 0.130 e. The second-order valence-electron chi connectivity index (χ2n) is 22.8. The molecule has 6 rings (SSSR count). The number of phenolic OH excluding ortho intramolecular Hbond substituents is 4. The molecule has 0 radical (unpaired) electrons. The van der Waals surface area contributed by atoms with E-state index in [0.29, 0.717) is 55.8 Å². The van der Waals surface area contributed by atoms with Gasteiger partial charge in [-0.05, 0) is 102 Å². The van der Waals surface area contributed by atoms with Gasteiger partial charge < -0.3 is 34.6 Å². The molecule has 5 aromatic rings. The zero-order valence-corrected chi connectivity index (χ0v) is 42.8. The van der Waals surface area contributed by atoms with E-state index in [1.807, 2.05) is 6.07 Å². The summed E-state index contributed by atoms with van der Waals surface area (Å²) in [5.74, 6) is 1.70. The quantitative estimate of drug-likeness (QED) is 0.108. The second-order valence-corrected chi connectivity index (χ2v) is 22.8. The minimum Gasteiger partial charge on any atom is -0.508 e. The summed E-state index contributed by atoms with van der Waals surface area (Å²) in [5.41, 5.74) is 11.2. The Labute approximate surface area is 396 Å². The van der Waals surface area contributed by atoms with Gasteiger partial charge in [-0.25, -0.2) is 0 Å². The summed E-state index contributed by atoms with van der Waals surface area (Å²) in [6.45, 7) is 34.4. The van der Waals surface area contributed by atoms with Gasteiger partial charge in [-0.1, -0.05) is 146 Å². The minimum atomic E-state index is -0.535. The Kier molecular flexibility index (Phi) is 14.5. The lowest BCUT2D eigenvalue weighted by Crippen LogP contribution is -2.18. The van der Waals surface area contributed by atoms with E-state index in [0.717, 1.165) is 86.6 Å².